The lowest BCUT2D eigenvalue weighted by Crippen LogP contribution is -2.67. The Kier molecular flexibility index (Phi) is 6.83. The zero-order valence-corrected chi connectivity index (χ0v) is 32.0. The van der Waals surface area contributed by atoms with Gasteiger partial charge in [-0.1, -0.05) is 114 Å². The third-order valence-electron chi connectivity index (χ3n) is 12.5. The molecule has 0 amide bonds. The van der Waals surface area contributed by atoms with Crippen molar-refractivity contribution < 1.29 is 9.47 Å². The summed E-state index contributed by atoms with van der Waals surface area (Å²) >= 11 is 0. The Bertz CT molecular complexity index is 2910. The fraction of sp³-hybridized carbons (Fsp3) is 0.0588. The van der Waals surface area contributed by atoms with Gasteiger partial charge in [0.15, 0.2) is 0 Å². The van der Waals surface area contributed by atoms with E-state index in [1.807, 2.05) is 0 Å². The van der Waals surface area contributed by atoms with E-state index in [2.05, 4.69) is 194 Å². The van der Waals surface area contributed by atoms with Gasteiger partial charge in [0.05, 0.1) is 0 Å². The van der Waals surface area contributed by atoms with Gasteiger partial charge in [-0.2, -0.15) is 0 Å². The number of fused-ring (bicyclic) bond motifs is 10. The van der Waals surface area contributed by atoms with Crippen LogP contribution in [0.4, 0.5) is 34.1 Å². The summed E-state index contributed by atoms with van der Waals surface area (Å²) < 4.78 is 13.8. The van der Waals surface area contributed by atoms with Crippen LogP contribution in [0.25, 0.3) is 11.1 Å². The topological polar surface area (TPSA) is 24.9 Å². The smallest absolute Gasteiger partial charge is 0.256 e. The van der Waals surface area contributed by atoms with Crippen molar-refractivity contribution in [2.75, 3.05) is 9.80 Å². The lowest BCUT2D eigenvalue weighted by atomic mass is 9.29. The van der Waals surface area contributed by atoms with E-state index in [4.69, 9.17) is 9.47 Å². The molecule has 0 saturated carbocycles. The number of para-hydroxylation sites is 3. The van der Waals surface area contributed by atoms with E-state index in [-0.39, 0.29) is 13.4 Å². The van der Waals surface area contributed by atoms with Crippen LogP contribution in [0.3, 0.4) is 0 Å². The van der Waals surface area contributed by atoms with Crippen molar-refractivity contribution in [3.05, 3.63) is 180 Å². The highest BCUT2D eigenvalue weighted by atomic mass is 16.5. The molecule has 0 unspecified atom stereocenters. The molecule has 0 aromatic heterocycles. The maximum absolute atomic E-state index is 6.94. The maximum Gasteiger partial charge on any atom is 0.256 e. The predicted molar refractivity (Wildman–Crippen MR) is 238 cm³/mol. The van der Waals surface area contributed by atoms with Crippen LogP contribution in [-0.2, 0) is 0 Å². The molecule has 268 valence electrons. The molecule has 4 heterocycles. The number of nitrogens with zero attached hydrogens (tertiary/aromatic N) is 2. The molecule has 57 heavy (non-hydrogen) atoms. The number of hydrogen-bond acceptors (Lipinski definition) is 4. The van der Waals surface area contributed by atoms with Crippen molar-refractivity contribution >= 4 is 80.3 Å². The second-order valence-corrected chi connectivity index (χ2v) is 15.8. The highest BCUT2D eigenvalue weighted by Gasteiger charge is 2.51. The van der Waals surface area contributed by atoms with Gasteiger partial charge in [-0.3, -0.25) is 0 Å². The predicted octanol–water partition coefficient (Wildman–Crippen LogP) is 9.09. The standard InChI is InChI=1S/C51H36B2N2O2/c1-31-16-23-36(24-17-31)54(37-25-18-32(2)19-26-37)38-27-20-34(21-28-38)35-22-29-44-42(30-35)53-41-12-6-9-15-46(41)57-51-33(3)50-47-49(48(51)53)55(44)43-13-7-4-10-39(43)52(47)40-11-5-8-14-45(40)56-50/h4-30H,1-3H3. The van der Waals surface area contributed by atoms with Crippen LogP contribution >= 0.6 is 0 Å². The van der Waals surface area contributed by atoms with Gasteiger partial charge in [-0.25, -0.2) is 0 Å². The van der Waals surface area contributed by atoms with Gasteiger partial charge >= 0.3 is 0 Å². The Morgan fingerprint density at radius 3 is 1.47 bits per heavy atom. The van der Waals surface area contributed by atoms with Crippen LogP contribution in [0.1, 0.15) is 16.7 Å². The first kappa shape index (κ1) is 32.3. The van der Waals surface area contributed by atoms with Crippen LogP contribution in [0, 0.1) is 20.8 Å². The van der Waals surface area contributed by atoms with Crippen LogP contribution < -0.4 is 52.1 Å². The zero-order chi connectivity index (χ0) is 37.9. The van der Waals surface area contributed by atoms with Crippen molar-refractivity contribution in [1.82, 2.24) is 0 Å². The number of aryl methyl sites for hydroxylation is 2. The first-order valence-electron chi connectivity index (χ1n) is 19.8. The van der Waals surface area contributed by atoms with Crippen LogP contribution in [0.5, 0.6) is 23.0 Å². The van der Waals surface area contributed by atoms with Gasteiger partial charge in [-0.05, 0) is 125 Å². The quantitative estimate of drug-likeness (QED) is 0.169. The second kappa shape index (κ2) is 12.0. The first-order valence-corrected chi connectivity index (χ1v) is 19.8. The number of hydrogen-bond donors (Lipinski definition) is 0. The minimum absolute atomic E-state index is 0.0175. The Morgan fingerprint density at radius 1 is 0.439 bits per heavy atom. The summed E-state index contributed by atoms with van der Waals surface area (Å²) in [5.74, 6) is 3.63. The molecular formula is C51H36B2N2O2. The monoisotopic (exact) mass is 730 g/mol. The molecule has 8 aromatic carbocycles. The van der Waals surface area contributed by atoms with Crippen LogP contribution in [-0.4, -0.2) is 13.4 Å². The van der Waals surface area contributed by atoms with Crippen molar-refractivity contribution in [2.45, 2.75) is 20.8 Å². The minimum Gasteiger partial charge on any atom is -0.458 e. The SMILES string of the molecule is Cc1ccc(N(c2ccc(C)cc2)c2ccc(-c3ccc4c(c3)B3c5ccccc5Oc5c(C)c6c7c(c53)N4c3ccccc3B7c3ccccc3O6)cc2)cc1. The van der Waals surface area contributed by atoms with E-state index in [0.29, 0.717) is 0 Å². The highest BCUT2D eigenvalue weighted by Crippen LogP contribution is 2.48. The lowest BCUT2D eigenvalue weighted by molar-refractivity contribution is 0.459. The van der Waals surface area contributed by atoms with Crippen molar-refractivity contribution in [1.29, 1.82) is 0 Å². The minimum atomic E-state index is -0.0175. The number of benzene rings is 8. The van der Waals surface area contributed by atoms with Gasteiger partial charge in [-0.15, -0.1) is 0 Å². The van der Waals surface area contributed by atoms with E-state index in [1.165, 1.54) is 72.1 Å². The molecule has 0 aliphatic carbocycles. The normalized spacial score (nSPS) is 13.4. The largest absolute Gasteiger partial charge is 0.458 e. The van der Waals surface area contributed by atoms with Crippen LogP contribution in [0.2, 0.25) is 0 Å². The summed E-state index contributed by atoms with van der Waals surface area (Å²) in [5.41, 5.74) is 20.3. The van der Waals surface area contributed by atoms with Crippen molar-refractivity contribution in [2.24, 2.45) is 0 Å². The average molecular weight is 730 g/mol. The van der Waals surface area contributed by atoms with E-state index >= 15 is 0 Å². The Labute approximate surface area is 333 Å². The first-order chi connectivity index (χ1) is 28.0. The molecular weight excluding hydrogens is 694 g/mol. The molecule has 0 spiro atoms. The van der Waals surface area contributed by atoms with E-state index in [9.17, 15) is 0 Å². The van der Waals surface area contributed by atoms with E-state index in [0.717, 1.165) is 45.6 Å². The van der Waals surface area contributed by atoms with E-state index in [1.54, 1.807) is 0 Å². The van der Waals surface area contributed by atoms with Crippen molar-refractivity contribution in [3.63, 3.8) is 0 Å². The fourth-order valence-corrected chi connectivity index (χ4v) is 9.82. The van der Waals surface area contributed by atoms with Gasteiger partial charge < -0.3 is 19.3 Å². The highest BCUT2D eigenvalue weighted by molar-refractivity contribution is 7.03. The molecule has 0 radical (unpaired) electrons. The van der Waals surface area contributed by atoms with Gasteiger partial charge in [0.1, 0.15) is 23.0 Å². The summed E-state index contributed by atoms with van der Waals surface area (Å²) in [6.07, 6.45) is 0. The summed E-state index contributed by atoms with van der Waals surface area (Å²) in [6, 6.07) is 59.7. The molecule has 0 bridgehead atoms. The summed E-state index contributed by atoms with van der Waals surface area (Å²) in [6.45, 7) is 6.47. The third kappa shape index (κ3) is 4.64. The molecule has 4 aliphatic heterocycles. The number of rotatable bonds is 4. The molecule has 12 rings (SSSR count). The maximum atomic E-state index is 6.94. The molecule has 4 aliphatic rings. The molecule has 0 atom stereocenters. The molecule has 0 saturated heterocycles. The summed E-state index contributed by atoms with van der Waals surface area (Å²) in [5, 5.41) is 0. The number of anilines is 6. The van der Waals surface area contributed by atoms with Crippen LogP contribution in [0.15, 0.2) is 164 Å². The Morgan fingerprint density at radius 2 is 0.895 bits per heavy atom. The lowest BCUT2D eigenvalue weighted by Gasteiger charge is -2.47. The van der Waals surface area contributed by atoms with E-state index < -0.39 is 0 Å². The van der Waals surface area contributed by atoms with Gasteiger partial charge in [0.2, 0.25) is 0 Å². The molecule has 8 aromatic rings. The molecule has 6 heteroatoms. The Hall–Kier alpha value is -6.91. The third-order valence-corrected chi connectivity index (χ3v) is 12.5. The molecule has 0 fully saturated rings. The zero-order valence-electron chi connectivity index (χ0n) is 32.0. The van der Waals surface area contributed by atoms with Crippen molar-refractivity contribution in [3.8, 4) is 34.1 Å². The fourth-order valence-electron chi connectivity index (χ4n) is 9.82. The second-order valence-electron chi connectivity index (χ2n) is 15.8. The van der Waals surface area contributed by atoms with Gasteiger partial charge in [0.25, 0.3) is 13.4 Å². The van der Waals surface area contributed by atoms with Gasteiger partial charge in [0, 0.05) is 39.7 Å². The summed E-state index contributed by atoms with van der Waals surface area (Å²) in [4.78, 5) is 4.83. The summed E-state index contributed by atoms with van der Waals surface area (Å²) in [7, 11) is 0. The molecule has 4 nitrogen and oxygen atoms in total. The molecule has 0 N–H and O–H groups in total. The average Bonchev–Trinajstić information content (AvgIpc) is 3.26. The number of ether oxygens (including phenoxy) is 2. The Balaban J connectivity index is 1.04.